The molecule has 2 rings (SSSR count). The van der Waals surface area contributed by atoms with E-state index < -0.39 is 0 Å². The predicted molar refractivity (Wildman–Crippen MR) is 85.9 cm³/mol. The minimum Gasteiger partial charge on any atom is -0.497 e. The molecule has 1 heterocycles. The molecule has 118 valence electrons. The van der Waals surface area contributed by atoms with Gasteiger partial charge in [-0.15, -0.1) is 0 Å². The highest BCUT2D eigenvalue weighted by molar-refractivity contribution is 5.40. The summed E-state index contributed by atoms with van der Waals surface area (Å²) in [6, 6.07) is 6.27. The Balaban J connectivity index is 2.27. The quantitative estimate of drug-likeness (QED) is 0.906. The Bertz CT molecular complexity index is 432. The summed E-state index contributed by atoms with van der Waals surface area (Å²) in [4.78, 5) is 2.51. The fourth-order valence-electron chi connectivity index (χ4n) is 3.48. The number of hydrogen-bond acceptors (Lipinski definition) is 4. The summed E-state index contributed by atoms with van der Waals surface area (Å²) in [7, 11) is 3.36. The Labute approximate surface area is 128 Å². The SMILES string of the molecule is COc1cc(OC)cc(C(CN)N2CC(C)CC(C)C2)c1. The lowest BCUT2D eigenvalue weighted by Gasteiger charge is -2.40. The maximum atomic E-state index is 6.09. The Morgan fingerprint density at radius 2 is 1.62 bits per heavy atom. The van der Waals surface area contributed by atoms with Gasteiger partial charge in [-0.25, -0.2) is 0 Å². The van der Waals surface area contributed by atoms with Crippen molar-refractivity contribution in [1.82, 2.24) is 4.90 Å². The number of nitrogens with two attached hydrogens (primary N) is 1. The van der Waals surface area contributed by atoms with E-state index in [-0.39, 0.29) is 6.04 Å². The van der Waals surface area contributed by atoms with Crippen LogP contribution in [0.2, 0.25) is 0 Å². The van der Waals surface area contributed by atoms with Crippen LogP contribution in [-0.4, -0.2) is 38.8 Å². The summed E-state index contributed by atoms with van der Waals surface area (Å²) >= 11 is 0. The lowest BCUT2D eigenvalue weighted by molar-refractivity contribution is 0.0982. The number of methoxy groups -OCH3 is 2. The van der Waals surface area contributed by atoms with Crippen molar-refractivity contribution in [2.24, 2.45) is 17.6 Å². The predicted octanol–water partition coefficient (Wildman–Crippen LogP) is 2.68. The minimum atomic E-state index is 0.221. The molecule has 1 aliphatic rings. The van der Waals surface area contributed by atoms with Crippen molar-refractivity contribution in [2.75, 3.05) is 33.9 Å². The van der Waals surface area contributed by atoms with E-state index in [2.05, 4.69) is 30.9 Å². The zero-order valence-electron chi connectivity index (χ0n) is 13.6. The number of rotatable bonds is 5. The summed E-state index contributed by atoms with van der Waals surface area (Å²) in [6.07, 6.45) is 1.30. The topological polar surface area (TPSA) is 47.7 Å². The van der Waals surface area contributed by atoms with Crippen LogP contribution < -0.4 is 15.2 Å². The highest BCUT2D eigenvalue weighted by atomic mass is 16.5. The van der Waals surface area contributed by atoms with Crippen molar-refractivity contribution in [3.8, 4) is 11.5 Å². The number of likely N-dealkylation sites (tertiary alicyclic amines) is 1. The van der Waals surface area contributed by atoms with Crippen LogP contribution in [-0.2, 0) is 0 Å². The molecule has 4 nitrogen and oxygen atoms in total. The number of benzene rings is 1. The fourth-order valence-corrected chi connectivity index (χ4v) is 3.48. The van der Waals surface area contributed by atoms with E-state index in [4.69, 9.17) is 15.2 Å². The van der Waals surface area contributed by atoms with Gasteiger partial charge in [0.1, 0.15) is 11.5 Å². The molecule has 0 spiro atoms. The highest BCUT2D eigenvalue weighted by Gasteiger charge is 2.28. The van der Waals surface area contributed by atoms with Gasteiger partial charge in [-0.1, -0.05) is 13.8 Å². The Morgan fingerprint density at radius 3 is 2.05 bits per heavy atom. The summed E-state index contributed by atoms with van der Waals surface area (Å²) in [5.41, 5.74) is 7.26. The average Bonchev–Trinajstić information content (AvgIpc) is 2.46. The van der Waals surface area contributed by atoms with Crippen molar-refractivity contribution in [3.05, 3.63) is 23.8 Å². The Hall–Kier alpha value is -1.26. The maximum Gasteiger partial charge on any atom is 0.122 e. The summed E-state index contributed by atoms with van der Waals surface area (Å²) in [5.74, 6) is 3.08. The van der Waals surface area contributed by atoms with Crippen LogP contribution in [0.15, 0.2) is 18.2 Å². The van der Waals surface area contributed by atoms with E-state index in [1.54, 1.807) is 14.2 Å². The van der Waals surface area contributed by atoms with E-state index in [0.717, 1.165) is 36.4 Å². The van der Waals surface area contributed by atoms with Gasteiger partial charge in [0.2, 0.25) is 0 Å². The number of ether oxygens (including phenoxy) is 2. The molecule has 0 bridgehead atoms. The summed E-state index contributed by atoms with van der Waals surface area (Å²) in [6.45, 7) is 7.46. The molecule has 1 aliphatic heterocycles. The van der Waals surface area contributed by atoms with Gasteiger partial charge in [0.05, 0.1) is 14.2 Å². The molecule has 4 heteroatoms. The molecule has 0 amide bonds. The summed E-state index contributed by atoms with van der Waals surface area (Å²) in [5, 5.41) is 0. The van der Waals surface area contributed by atoms with Crippen LogP contribution in [0.5, 0.6) is 11.5 Å². The van der Waals surface area contributed by atoms with Crippen LogP contribution in [0.25, 0.3) is 0 Å². The van der Waals surface area contributed by atoms with E-state index in [1.807, 2.05) is 6.07 Å². The molecule has 21 heavy (non-hydrogen) atoms. The van der Waals surface area contributed by atoms with Gasteiger partial charge in [-0.2, -0.15) is 0 Å². The minimum absolute atomic E-state index is 0.221. The van der Waals surface area contributed by atoms with Crippen LogP contribution in [0.1, 0.15) is 31.9 Å². The number of nitrogens with zero attached hydrogens (tertiary/aromatic N) is 1. The molecule has 0 aliphatic carbocycles. The smallest absolute Gasteiger partial charge is 0.122 e. The standard InChI is InChI=1S/C17H28N2O2/c1-12-5-13(2)11-19(10-12)17(9-18)14-6-15(20-3)8-16(7-14)21-4/h6-8,12-13,17H,5,9-11,18H2,1-4H3. The second-order valence-electron chi connectivity index (χ2n) is 6.30. The molecule has 1 saturated heterocycles. The third-order valence-corrected chi connectivity index (χ3v) is 4.32. The van der Waals surface area contributed by atoms with Gasteiger partial charge < -0.3 is 15.2 Å². The van der Waals surface area contributed by atoms with Crippen molar-refractivity contribution in [2.45, 2.75) is 26.3 Å². The van der Waals surface area contributed by atoms with Gasteiger partial charge in [0.15, 0.2) is 0 Å². The molecule has 2 N–H and O–H groups in total. The second kappa shape index (κ2) is 7.14. The zero-order valence-corrected chi connectivity index (χ0v) is 13.6. The maximum absolute atomic E-state index is 6.09. The van der Waals surface area contributed by atoms with Crippen LogP contribution in [0.3, 0.4) is 0 Å². The van der Waals surface area contributed by atoms with Gasteiger partial charge in [-0.3, -0.25) is 4.90 Å². The monoisotopic (exact) mass is 292 g/mol. The van der Waals surface area contributed by atoms with E-state index in [0.29, 0.717) is 6.54 Å². The third kappa shape index (κ3) is 3.89. The largest absolute Gasteiger partial charge is 0.497 e. The fraction of sp³-hybridized carbons (Fsp3) is 0.647. The lowest BCUT2D eigenvalue weighted by atomic mass is 9.89. The number of piperidine rings is 1. The Morgan fingerprint density at radius 1 is 1.10 bits per heavy atom. The van der Waals surface area contributed by atoms with Crippen molar-refractivity contribution >= 4 is 0 Å². The first-order valence-corrected chi connectivity index (χ1v) is 7.74. The average molecular weight is 292 g/mol. The number of hydrogen-bond donors (Lipinski definition) is 1. The van der Waals surface area contributed by atoms with Crippen molar-refractivity contribution < 1.29 is 9.47 Å². The van der Waals surface area contributed by atoms with Gasteiger partial charge >= 0.3 is 0 Å². The van der Waals surface area contributed by atoms with Crippen molar-refractivity contribution in [1.29, 1.82) is 0 Å². The van der Waals surface area contributed by atoms with Crippen LogP contribution >= 0.6 is 0 Å². The van der Waals surface area contributed by atoms with Gasteiger partial charge in [0, 0.05) is 31.7 Å². The lowest BCUT2D eigenvalue weighted by Crippen LogP contribution is -2.43. The Kier molecular flexibility index (Phi) is 5.48. The molecular formula is C17H28N2O2. The first kappa shape index (κ1) is 16.1. The van der Waals surface area contributed by atoms with E-state index >= 15 is 0 Å². The molecule has 0 aromatic heterocycles. The van der Waals surface area contributed by atoms with Gasteiger partial charge in [0.25, 0.3) is 0 Å². The molecule has 1 aromatic carbocycles. The molecule has 3 atom stereocenters. The third-order valence-electron chi connectivity index (χ3n) is 4.32. The normalized spacial score (nSPS) is 24.6. The first-order valence-electron chi connectivity index (χ1n) is 7.74. The molecule has 1 fully saturated rings. The van der Waals surface area contributed by atoms with Gasteiger partial charge in [-0.05, 0) is 36.0 Å². The second-order valence-corrected chi connectivity index (χ2v) is 6.30. The molecule has 0 radical (unpaired) electrons. The molecule has 3 unspecified atom stereocenters. The van der Waals surface area contributed by atoms with E-state index in [1.165, 1.54) is 12.0 Å². The molecular weight excluding hydrogens is 264 g/mol. The molecule has 0 saturated carbocycles. The van der Waals surface area contributed by atoms with Crippen LogP contribution in [0.4, 0.5) is 0 Å². The highest BCUT2D eigenvalue weighted by Crippen LogP contribution is 2.32. The first-order chi connectivity index (χ1) is 10.1. The summed E-state index contributed by atoms with van der Waals surface area (Å²) < 4.78 is 10.8. The zero-order chi connectivity index (χ0) is 15.4. The van der Waals surface area contributed by atoms with Crippen LogP contribution in [0, 0.1) is 11.8 Å². The molecule has 1 aromatic rings. The van der Waals surface area contributed by atoms with Crippen molar-refractivity contribution in [3.63, 3.8) is 0 Å². The van der Waals surface area contributed by atoms with E-state index in [9.17, 15) is 0 Å².